The van der Waals surface area contributed by atoms with Gasteiger partial charge in [0.15, 0.2) is 0 Å². The molecule has 0 spiro atoms. The fourth-order valence-corrected chi connectivity index (χ4v) is 0.209. The summed E-state index contributed by atoms with van der Waals surface area (Å²) in [5, 5.41) is 0. The Morgan fingerprint density at radius 3 is 2.75 bits per heavy atom. The zero-order chi connectivity index (χ0) is 6.41. The molecule has 0 unspecified atom stereocenters. The van der Waals surface area contributed by atoms with Crippen LogP contribution < -0.4 is 0 Å². The number of carbonyl (C=O) groups excluding carboxylic acids is 2. The van der Waals surface area contributed by atoms with Crippen molar-refractivity contribution < 1.29 is 14.3 Å². The highest BCUT2D eigenvalue weighted by Crippen LogP contribution is 1.80. The molecule has 0 rings (SSSR count). The maximum absolute atomic E-state index is 10.1. The molecule has 0 aromatic carbocycles. The van der Waals surface area contributed by atoms with Gasteiger partial charge in [0.1, 0.15) is 12.7 Å². The average Bonchev–Trinajstić information content (AvgIpc) is 1.68. The summed E-state index contributed by atoms with van der Waals surface area (Å²) in [6, 6.07) is 0. The summed E-state index contributed by atoms with van der Waals surface area (Å²) in [4.78, 5) is 19.7. The lowest BCUT2D eigenvalue weighted by Gasteiger charge is -1.88. The SMILES string of the molecule is C=COC(=O)CC=O. The summed E-state index contributed by atoms with van der Waals surface area (Å²) >= 11 is 0. The topological polar surface area (TPSA) is 43.4 Å². The molecular weight excluding hydrogens is 108 g/mol. The molecule has 3 nitrogen and oxygen atoms in total. The van der Waals surface area contributed by atoms with Crippen LogP contribution in [0.25, 0.3) is 0 Å². The first-order chi connectivity index (χ1) is 3.81. The monoisotopic (exact) mass is 114 g/mol. The fourth-order valence-electron chi connectivity index (χ4n) is 0.209. The molecule has 0 aromatic heterocycles. The van der Waals surface area contributed by atoms with E-state index < -0.39 is 5.97 Å². The van der Waals surface area contributed by atoms with E-state index in [-0.39, 0.29) is 6.42 Å². The van der Waals surface area contributed by atoms with Crippen LogP contribution in [0.3, 0.4) is 0 Å². The van der Waals surface area contributed by atoms with E-state index >= 15 is 0 Å². The lowest BCUT2D eigenvalue weighted by atomic mass is 10.5. The van der Waals surface area contributed by atoms with Gasteiger partial charge in [-0.15, -0.1) is 0 Å². The Morgan fingerprint density at radius 1 is 1.75 bits per heavy atom. The van der Waals surface area contributed by atoms with Crippen LogP contribution in [0, 0.1) is 0 Å². The molecule has 0 aliphatic heterocycles. The lowest BCUT2D eigenvalue weighted by molar-refractivity contribution is -0.139. The van der Waals surface area contributed by atoms with Gasteiger partial charge in [0.25, 0.3) is 0 Å². The predicted molar refractivity (Wildman–Crippen MR) is 27.0 cm³/mol. The summed E-state index contributed by atoms with van der Waals surface area (Å²) in [6.07, 6.45) is 1.27. The summed E-state index contributed by atoms with van der Waals surface area (Å²) in [7, 11) is 0. The highest BCUT2D eigenvalue weighted by Gasteiger charge is 1.94. The van der Waals surface area contributed by atoms with E-state index in [1.807, 2.05) is 0 Å². The average molecular weight is 114 g/mol. The van der Waals surface area contributed by atoms with E-state index in [2.05, 4.69) is 11.3 Å². The van der Waals surface area contributed by atoms with Crippen molar-refractivity contribution in [3.63, 3.8) is 0 Å². The molecule has 0 saturated carbocycles. The third kappa shape index (κ3) is 3.08. The fraction of sp³-hybridized carbons (Fsp3) is 0.200. The first-order valence-electron chi connectivity index (χ1n) is 2.05. The molecule has 0 radical (unpaired) electrons. The van der Waals surface area contributed by atoms with Gasteiger partial charge in [0, 0.05) is 0 Å². The van der Waals surface area contributed by atoms with Crippen molar-refractivity contribution in [2.45, 2.75) is 6.42 Å². The van der Waals surface area contributed by atoms with Gasteiger partial charge in [0.05, 0.1) is 6.26 Å². The normalized spacial score (nSPS) is 7.50. The van der Waals surface area contributed by atoms with Gasteiger partial charge in [-0.3, -0.25) is 4.79 Å². The molecule has 44 valence electrons. The van der Waals surface area contributed by atoms with Gasteiger partial charge in [-0.2, -0.15) is 0 Å². The van der Waals surface area contributed by atoms with Crippen LogP contribution in [0.5, 0.6) is 0 Å². The van der Waals surface area contributed by atoms with Crippen LogP contribution in [-0.2, 0) is 14.3 Å². The second-order valence-electron chi connectivity index (χ2n) is 1.03. The van der Waals surface area contributed by atoms with Gasteiger partial charge in [-0.05, 0) is 0 Å². The van der Waals surface area contributed by atoms with E-state index in [4.69, 9.17) is 0 Å². The van der Waals surface area contributed by atoms with Crippen LogP contribution in [0.15, 0.2) is 12.8 Å². The molecule has 0 aliphatic carbocycles. The largest absolute Gasteiger partial charge is 0.435 e. The number of esters is 1. The van der Waals surface area contributed by atoms with Crippen molar-refractivity contribution in [3.8, 4) is 0 Å². The maximum Gasteiger partial charge on any atom is 0.317 e. The zero-order valence-electron chi connectivity index (χ0n) is 4.29. The highest BCUT2D eigenvalue weighted by atomic mass is 16.5. The van der Waals surface area contributed by atoms with E-state index in [0.29, 0.717) is 6.29 Å². The summed E-state index contributed by atoms with van der Waals surface area (Å²) < 4.78 is 4.18. The van der Waals surface area contributed by atoms with Gasteiger partial charge in [-0.25, -0.2) is 0 Å². The molecule has 0 saturated heterocycles. The number of rotatable bonds is 3. The molecule has 0 aliphatic rings. The standard InChI is InChI=1S/C5H6O3/c1-2-8-5(7)3-4-6/h2,4H,1,3H2. The van der Waals surface area contributed by atoms with Crippen LogP contribution in [0.4, 0.5) is 0 Å². The van der Waals surface area contributed by atoms with Gasteiger partial charge in [-0.1, -0.05) is 6.58 Å². The van der Waals surface area contributed by atoms with Crippen molar-refractivity contribution in [3.05, 3.63) is 12.8 Å². The second-order valence-corrected chi connectivity index (χ2v) is 1.03. The Hall–Kier alpha value is -1.12. The number of hydrogen-bond acceptors (Lipinski definition) is 3. The van der Waals surface area contributed by atoms with Crippen molar-refractivity contribution in [2.75, 3.05) is 0 Å². The molecule has 0 N–H and O–H groups in total. The predicted octanol–water partition coefficient (Wildman–Crippen LogP) is 0.262. The summed E-state index contributed by atoms with van der Waals surface area (Å²) in [5.74, 6) is -0.574. The minimum absolute atomic E-state index is 0.202. The van der Waals surface area contributed by atoms with E-state index in [1.54, 1.807) is 0 Å². The quantitative estimate of drug-likeness (QED) is 0.229. The zero-order valence-corrected chi connectivity index (χ0v) is 4.29. The van der Waals surface area contributed by atoms with Crippen LogP contribution in [-0.4, -0.2) is 12.3 Å². The van der Waals surface area contributed by atoms with Crippen molar-refractivity contribution in [1.29, 1.82) is 0 Å². The third-order valence-electron chi connectivity index (χ3n) is 0.465. The van der Waals surface area contributed by atoms with Crippen LogP contribution in [0.2, 0.25) is 0 Å². The van der Waals surface area contributed by atoms with Gasteiger partial charge in [0.2, 0.25) is 0 Å². The van der Waals surface area contributed by atoms with Gasteiger partial charge < -0.3 is 9.53 Å². The lowest BCUT2D eigenvalue weighted by Crippen LogP contribution is -1.98. The Kier molecular flexibility index (Phi) is 3.48. The summed E-state index contributed by atoms with van der Waals surface area (Å²) in [5.41, 5.74) is 0. The van der Waals surface area contributed by atoms with E-state index in [9.17, 15) is 9.59 Å². The number of hydrogen-bond donors (Lipinski definition) is 0. The second kappa shape index (κ2) is 4.05. The van der Waals surface area contributed by atoms with E-state index in [0.717, 1.165) is 6.26 Å². The first-order valence-corrected chi connectivity index (χ1v) is 2.05. The van der Waals surface area contributed by atoms with Crippen LogP contribution >= 0.6 is 0 Å². The molecule has 0 amide bonds. The maximum atomic E-state index is 10.1. The minimum Gasteiger partial charge on any atom is -0.435 e. The molecule has 0 aromatic rings. The van der Waals surface area contributed by atoms with Gasteiger partial charge >= 0.3 is 5.97 Å². The minimum atomic E-state index is -0.574. The van der Waals surface area contributed by atoms with Crippen molar-refractivity contribution >= 4 is 12.3 Å². The molecule has 0 bridgehead atoms. The molecular formula is C5H6O3. The third-order valence-corrected chi connectivity index (χ3v) is 0.465. The number of carbonyl (C=O) groups is 2. The summed E-state index contributed by atoms with van der Waals surface area (Å²) in [6.45, 7) is 3.12. The number of ether oxygens (including phenoxy) is 1. The molecule has 0 atom stereocenters. The highest BCUT2D eigenvalue weighted by molar-refractivity contribution is 5.83. The molecule has 0 fully saturated rings. The smallest absolute Gasteiger partial charge is 0.317 e. The van der Waals surface area contributed by atoms with Crippen molar-refractivity contribution in [1.82, 2.24) is 0 Å². The Balaban J connectivity index is 3.32. The van der Waals surface area contributed by atoms with Crippen LogP contribution in [0.1, 0.15) is 6.42 Å². The molecule has 3 heteroatoms. The first kappa shape index (κ1) is 6.88. The molecule has 0 heterocycles. The Labute approximate surface area is 46.9 Å². The Bertz CT molecular complexity index is 94.2. The number of aldehydes is 1. The molecule has 8 heavy (non-hydrogen) atoms. The van der Waals surface area contributed by atoms with Crippen molar-refractivity contribution in [2.24, 2.45) is 0 Å². The Morgan fingerprint density at radius 2 is 2.38 bits per heavy atom. The van der Waals surface area contributed by atoms with E-state index in [1.165, 1.54) is 0 Å².